The van der Waals surface area contributed by atoms with Gasteiger partial charge in [0.1, 0.15) is 0 Å². The summed E-state index contributed by atoms with van der Waals surface area (Å²) in [6.07, 6.45) is 6.63. The zero-order chi connectivity index (χ0) is 18.6. The smallest absolute Gasteiger partial charge is 0.0234 e. The third kappa shape index (κ3) is 7.72. The molecule has 0 aliphatic carbocycles. The Morgan fingerprint density at radius 1 is 0.731 bits per heavy atom. The lowest BCUT2D eigenvalue weighted by atomic mass is 10.0. The average molecular weight is 353 g/mol. The molecule has 0 heterocycles. The fourth-order valence-corrected chi connectivity index (χ4v) is 3.58. The quantitative estimate of drug-likeness (QED) is 0.459. The van der Waals surface area contributed by atoms with Crippen molar-refractivity contribution in [2.45, 2.75) is 58.2 Å². The predicted molar refractivity (Wildman–Crippen MR) is 113 cm³/mol. The first-order chi connectivity index (χ1) is 12.7. The van der Waals surface area contributed by atoms with Crippen molar-refractivity contribution in [1.29, 1.82) is 0 Å². The molecule has 2 heteroatoms. The molecular formula is C24H36N2. The molecule has 1 unspecified atom stereocenters. The van der Waals surface area contributed by atoms with Crippen molar-refractivity contribution in [3.63, 3.8) is 0 Å². The van der Waals surface area contributed by atoms with E-state index in [0.717, 1.165) is 19.6 Å². The van der Waals surface area contributed by atoms with E-state index in [1.807, 2.05) is 0 Å². The second-order valence-corrected chi connectivity index (χ2v) is 7.59. The zero-order valence-electron chi connectivity index (χ0n) is 16.9. The first kappa shape index (κ1) is 20.7. The van der Waals surface area contributed by atoms with Crippen LogP contribution in [-0.4, -0.2) is 36.5 Å². The average Bonchev–Trinajstić information content (AvgIpc) is 2.66. The van der Waals surface area contributed by atoms with Gasteiger partial charge in [-0.15, -0.1) is 0 Å². The van der Waals surface area contributed by atoms with Gasteiger partial charge in [0.25, 0.3) is 0 Å². The summed E-state index contributed by atoms with van der Waals surface area (Å²) in [5, 5.41) is 0. The normalized spacial score (nSPS) is 12.7. The zero-order valence-corrected chi connectivity index (χ0v) is 16.9. The first-order valence-electron chi connectivity index (χ1n) is 10.2. The summed E-state index contributed by atoms with van der Waals surface area (Å²) in [6.45, 7) is 5.45. The molecule has 0 bridgehead atoms. The second kappa shape index (κ2) is 11.9. The number of nitrogens with zero attached hydrogens (tertiary/aromatic N) is 2. The minimum atomic E-state index is 0.598. The molecule has 0 radical (unpaired) electrons. The monoisotopic (exact) mass is 352 g/mol. The highest BCUT2D eigenvalue weighted by atomic mass is 15.2. The number of unbranched alkanes of at least 4 members (excludes halogenated alkanes) is 3. The highest BCUT2D eigenvalue weighted by Gasteiger charge is 2.17. The van der Waals surface area contributed by atoms with E-state index in [0.29, 0.717) is 6.04 Å². The van der Waals surface area contributed by atoms with E-state index in [2.05, 4.69) is 91.5 Å². The minimum absolute atomic E-state index is 0.598. The van der Waals surface area contributed by atoms with E-state index in [1.54, 1.807) is 0 Å². The summed E-state index contributed by atoms with van der Waals surface area (Å²) < 4.78 is 0. The number of likely N-dealkylation sites (N-methyl/N-ethyl adjacent to an activating group) is 2. The Morgan fingerprint density at radius 2 is 1.31 bits per heavy atom. The highest BCUT2D eigenvalue weighted by molar-refractivity contribution is 5.15. The van der Waals surface area contributed by atoms with Crippen molar-refractivity contribution in [2.24, 2.45) is 0 Å². The number of hydrogen-bond donors (Lipinski definition) is 0. The van der Waals surface area contributed by atoms with Gasteiger partial charge in [0, 0.05) is 25.7 Å². The maximum absolute atomic E-state index is 2.54. The fourth-order valence-electron chi connectivity index (χ4n) is 3.58. The van der Waals surface area contributed by atoms with Gasteiger partial charge in [0.05, 0.1) is 0 Å². The van der Waals surface area contributed by atoms with Crippen LogP contribution in [0.25, 0.3) is 0 Å². The van der Waals surface area contributed by atoms with Crippen LogP contribution in [0.1, 0.15) is 50.2 Å². The summed E-state index contributed by atoms with van der Waals surface area (Å²) in [4.78, 5) is 5.02. The molecule has 0 aliphatic heterocycles. The van der Waals surface area contributed by atoms with E-state index in [1.165, 1.54) is 43.2 Å². The van der Waals surface area contributed by atoms with Gasteiger partial charge in [-0.1, -0.05) is 93.3 Å². The van der Waals surface area contributed by atoms with Crippen molar-refractivity contribution in [3.8, 4) is 0 Å². The molecule has 2 rings (SSSR count). The summed E-state index contributed by atoms with van der Waals surface area (Å²) in [7, 11) is 4.54. The van der Waals surface area contributed by atoms with Gasteiger partial charge in [-0.3, -0.25) is 4.90 Å². The molecule has 0 spiro atoms. The van der Waals surface area contributed by atoms with Crippen molar-refractivity contribution >= 4 is 0 Å². The van der Waals surface area contributed by atoms with Crippen LogP contribution in [0.4, 0.5) is 0 Å². The lowest BCUT2D eigenvalue weighted by Crippen LogP contribution is -2.40. The maximum Gasteiger partial charge on any atom is 0.0234 e. The Morgan fingerprint density at radius 3 is 1.88 bits per heavy atom. The second-order valence-electron chi connectivity index (χ2n) is 7.59. The Bertz CT molecular complexity index is 582. The van der Waals surface area contributed by atoms with Gasteiger partial charge in [-0.2, -0.15) is 0 Å². The summed E-state index contributed by atoms with van der Waals surface area (Å²) in [5.74, 6) is 0. The van der Waals surface area contributed by atoms with Crippen LogP contribution in [0.15, 0.2) is 60.7 Å². The van der Waals surface area contributed by atoms with Crippen LogP contribution in [0.5, 0.6) is 0 Å². The molecule has 0 aliphatic rings. The predicted octanol–water partition coefficient (Wildman–Crippen LogP) is 5.59. The van der Waals surface area contributed by atoms with Crippen LogP contribution in [0.2, 0.25) is 0 Å². The molecule has 2 nitrogen and oxygen atoms in total. The topological polar surface area (TPSA) is 6.48 Å². The molecule has 0 amide bonds. The third-order valence-electron chi connectivity index (χ3n) is 5.11. The highest BCUT2D eigenvalue weighted by Crippen LogP contribution is 2.15. The molecule has 0 aromatic heterocycles. The van der Waals surface area contributed by atoms with Gasteiger partial charge in [0.15, 0.2) is 0 Å². The molecule has 1 atom stereocenters. The molecule has 26 heavy (non-hydrogen) atoms. The van der Waals surface area contributed by atoms with Gasteiger partial charge in [-0.05, 0) is 31.6 Å². The van der Waals surface area contributed by atoms with E-state index in [-0.39, 0.29) is 0 Å². The van der Waals surface area contributed by atoms with Gasteiger partial charge in [-0.25, -0.2) is 0 Å². The van der Waals surface area contributed by atoms with Crippen LogP contribution in [0, 0.1) is 0 Å². The molecule has 0 fully saturated rings. The van der Waals surface area contributed by atoms with E-state index < -0.39 is 0 Å². The van der Waals surface area contributed by atoms with Gasteiger partial charge < -0.3 is 4.90 Å². The Labute approximate surface area is 160 Å². The SMILES string of the molecule is CCCCCCC(CN(C)Cc1ccccc1)N(C)Cc1ccccc1. The van der Waals surface area contributed by atoms with E-state index in [4.69, 9.17) is 0 Å². The van der Waals surface area contributed by atoms with E-state index >= 15 is 0 Å². The van der Waals surface area contributed by atoms with Gasteiger partial charge in [0.2, 0.25) is 0 Å². The molecule has 142 valence electrons. The molecule has 0 saturated carbocycles. The summed E-state index contributed by atoms with van der Waals surface area (Å²) in [5.41, 5.74) is 2.80. The first-order valence-corrected chi connectivity index (χ1v) is 10.2. The van der Waals surface area contributed by atoms with Crippen LogP contribution < -0.4 is 0 Å². The summed E-state index contributed by atoms with van der Waals surface area (Å²) in [6, 6.07) is 22.2. The van der Waals surface area contributed by atoms with Crippen molar-refractivity contribution in [2.75, 3.05) is 20.6 Å². The number of rotatable bonds is 12. The number of benzene rings is 2. The molecular weight excluding hydrogens is 316 g/mol. The lowest BCUT2D eigenvalue weighted by molar-refractivity contribution is 0.159. The fraction of sp³-hybridized carbons (Fsp3) is 0.500. The Balaban J connectivity index is 1.92. The van der Waals surface area contributed by atoms with Crippen LogP contribution in [-0.2, 0) is 13.1 Å². The Kier molecular flexibility index (Phi) is 9.44. The number of hydrogen-bond acceptors (Lipinski definition) is 2. The standard InChI is InChI=1S/C24H36N2/c1-4-5-6-13-18-24(26(3)20-23-16-11-8-12-17-23)21-25(2)19-22-14-9-7-10-15-22/h7-12,14-17,24H,4-6,13,18-21H2,1-3H3. The largest absolute Gasteiger partial charge is 0.301 e. The molecule has 2 aromatic carbocycles. The minimum Gasteiger partial charge on any atom is -0.301 e. The molecule has 0 N–H and O–H groups in total. The van der Waals surface area contributed by atoms with Crippen LogP contribution >= 0.6 is 0 Å². The summed E-state index contributed by atoms with van der Waals surface area (Å²) >= 11 is 0. The van der Waals surface area contributed by atoms with Crippen molar-refractivity contribution in [1.82, 2.24) is 9.80 Å². The Hall–Kier alpha value is -1.64. The third-order valence-corrected chi connectivity index (χ3v) is 5.11. The van der Waals surface area contributed by atoms with Crippen LogP contribution in [0.3, 0.4) is 0 Å². The van der Waals surface area contributed by atoms with Gasteiger partial charge >= 0.3 is 0 Å². The maximum atomic E-state index is 2.54. The van der Waals surface area contributed by atoms with Crippen molar-refractivity contribution < 1.29 is 0 Å². The molecule has 2 aromatic rings. The molecule has 0 saturated heterocycles. The lowest BCUT2D eigenvalue weighted by Gasteiger charge is -2.32. The van der Waals surface area contributed by atoms with E-state index in [9.17, 15) is 0 Å². The van der Waals surface area contributed by atoms with Crippen molar-refractivity contribution in [3.05, 3.63) is 71.8 Å².